The van der Waals surface area contributed by atoms with Gasteiger partial charge in [0.1, 0.15) is 11.9 Å². The fourth-order valence-corrected chi connectivity index (χ4v) is 3.11. The van der Waals surface area contributed by atoms with Crippen LogP contribution in [0.3, 0.4) is 0 Å². The van der Waals surface area contributed by atoms with E-state index in [1.54, 1.807) is 0 Å². The maximum atomic E-state index is 6.08. The van der Waals surface area contributed by atoms with E-state index in [9.17, 15) is 0 Å². The molecule has 0 amide bonds. The first-order valence-corrected chi connectivity index (χ1v) is 9.01. The van der Waals surface area contributed by atoms with E-state index >= 15 is 0 Å². The van der Waals surface area contributed by atoms with Crippen molar-refractivity contribution in [2.45, 2.75) is 32.8 Å². The van der Waals surface area contributed by atoms with Crippen molar-refractivity contribution in [2.75, 3.05) is 39.4 Å². The predicted octanol–water partition coefficient (Wildman–Crippen LogP) is 3.15. The molecular formula is C19H30IN3O2. The van der Waals surface area contributed by atoms with Crippen molar-refractivity contribution < 1.29 is 9.47 Å². The van der Waals surface area contributed by atoms with Gasteiger partial charge in [0.25, 0.3) is 0 Å². The van der Waals surface area contributed by atoms with Crippen LogP contribution in [0, 0.1) is 5.41 Å². The lowest BCUT2D eigenvalue weighted by molar-refractivity contribution is -0.0946. The average molecular weight is 459 g/mol. The van der Waals surface area contributed by atoms with Crippen LogP contribution in [0.4, 0.5) is 0 Å². The van der Waals surface area contributed by atoms with Gasteiger partial charge in [0.15, 0.2) is 5.96 Å². The molecule has 0 unspecified atom stereocenters. The molecular weight excluding hydrogens is 429 g/mol. The number of nitrogens with zero attached hydrogens (tertiary/aromatic N) is 2. The van der Waals surface area contributed by atoms with E-state index in [0.717, 1.165) is 63.9 Å². The number of halogens is 1. The molecule has 5 nitrogen and oxygen atoms in total. The van der Waals surface area contributed by atoms with Gasteiger partial charge in [0, 0.05) is 37.9 Å². The second-order valence-corrected chi connectivity index (χ2v) is 7.09. The van der Waals surface area contributed by atoms with Gasteiger partial charge in [-0.25, -0.2) is 0 Å². The zero-order chi connectivity index (χ0) is 16.8. The van der Waals surface area contributed by atoms with Crippen LogP contribution in [-0.4, -0.2) is 56.4 Å². The van der Waals surface area contributed by atoms with Crippen LogP contribution in [0.15, 0.2) is 35.3 Å². The molecule has 0 aliphatic carbocycles. The Morgan fingerprint density at radius 3 is 2.52 bits per heavy atom. The highest BCUT2D eigenvalue weighted by Crippen LogP contribution is 2.27. The summed E-state index contributed by atoms with van der Waals surface area (Å²) in [4.78, 5) is 7.21. The first kappa shape index (κ1) is 20.3. The molecule has 0 radical (unpaired) electrons. The number of aliphatic imine (C=N–C) groups is 1. The summed E-state index contributed by atoms with van der Waals surface area (Å²) in [6, 6.07) is 10.1. The number of benzene rings is 1. The van der Waals surface area contributed by atoms with Crippen LogP contribution in [0.1, 0.15) is 26.7 Å². The highest BCUT2D eigenvalue weighted by molar-refractivity contribution is 14.0. The summed E-state index contributed by atoms with van der Waals surface area (Å²) in [5, 5.41) is 3.43. The molecule has 1 aromatic carbocycles. The Hall–Kier alpha value is -1.02. The lowest BCUT2D eigenvalue weighted by Gasteiger charge is -2.38. The van der Waals surface area contributed by atoms with E-state index in [1.807, 2.05) is 30.3 Å². The molecule has 0 bridgehead atoms. The van der Waals surface area contributed by atoms with Crippen LogP contribution >= 0.6 is 24.0 Å². The molecule has 0 saturated carbocycles. The Labute approximate surface area is 168 Å². The van der Waals surface area contributed by atoms with Gasteiger partial charge in [0.2, 0.25) is 0 Å². The number of piperidine rings is 1. The van der Waals surface area contributed by atoms with Crippen molar-refractivity contribution in [2.24, 2.45) is 10.4 Å². The number of likely N-dealkylation sites (tertiary alicyclic amines) is 1. The molecule has 6 heteroatoms. The summed E-state index contributed by atoms with van der Waals surface area (Å²) in [5.74, 6) is 2.00. The summed E-state index contributed by atoms with van der Waals surface area (Å²) in [6.07, 6.45) is 2.35. The molecule has 2 saturated heterocycles. The standard InChI is InChI=1S/C19H29N3O2.HI/c1-3-20-18(21-13-19(2)14-23-15-19)22-11-9-17(10-12-22)24-16-7-5-4-6-8-16;/h4-8,17H,3,9-15H2,1-2H3,(H,20,21);1H. The predicted molar refractivity (Wildman–Crippen MR) is 112 cm³/mol. The van der Waals surface area contributed by atoms with E-state index in [0.29, 0.717) is 6.10 Å². The molecule has 140 valence electrons. The summed E-state index contributed by atoms with van der Waals surface area (Å²) in [6.45, 7) is 9.69. The molecule has 2 aliphatic rings. The highest BCUT2D eigenvalue weighted by Gasteiger charge is 2.33. The molecule has 0 aromatic heterocycles. The van der Waals surface area contributed by atoms with Gasteiger partial charge in [-0.15, -0.1) is 24.0 Å². The lowest BCUT2D eigenvalue weighted by Crippen LogP contribution is -2.49. The minimum absolute atomic E-state index is 0. The van der Waals surface area contributed by atoms with Crippen molar-refractivity contribution in [1.29, 1.82) is 0 Å². The summed E-state index contributed by atoms with van der Waals surface area (Å²) >= 11 is 0. The molecule has 0 spiro atoms. The molecule has 1 N–H and O–H groups in total. The summed E-state index contributed by atoms with van der Waals surface area (Å²) < 4.78 is 11.4. The lowest BCUT2D eigenvalue weighted by atomic mass is 9.89. The van der Waals surface area contributed by atoms with Gasteiger partial charge >= 0.3 is 0 Å². The fraction of sp³-hybridized carbons (Fsp3) is 0.632. The monoisotopic (exact) mass is 459 g/mol. The minimum Gasteiger partial charge on any atom is -0.490 e. The van der Waals surface area contributed by atoms with Crippen LogP contribution in [0.25, 0.3) is 0 Å². The minimum atomic E-state index is 0. The van der Waals surface area contributed by atoms with Crippen molar-refractivity contribution in [3.8, 4) is 5.75 Å². The number of para-hydroxylation sites is 1. The zero-order valence-electron chi connectivity index (χ0n) is 15.2. The number of guanidine groups is 1. The average Bonchev–Trinajstić information content (AvgIpc) is 2.59. The second kappa shape index (κ2) is 9.62. The Morgan fingerprint density at radius 1 is 1.28 bits per heavy atom. The highest BCUT2D eigenvalue weighted by atomic mass is 127. The van der Waals surface area contributed by atoms with Crippen LogP contribution < -0.4 is 10.1 Å². The first-order valence-electron chi connectivity index (χ1n) is 9.01. The molecule has 0 atom stereocenters. The molecule has 3 rings (SSSR count). The number of hydrogen-bond acceptors (Lipinski definition) is 3. The number of nitrogens with one attached hydrogen (secondary N) is 1. The normalized spacial score (nSPS) is 20.4. The van der Waals surface area contributed by atoms with Gasteiger partial charge in [-0.2, -0.15) is 0 Å². The van der Waals surface area contributed by atoms with Crippen LogP contribution in [-0.2, 0) is 4.74 Å². The zero-order valence-corrected chi connectivity index (χ0v) is 17.6. The molecule has 2 fully saturated rings. The van der Waals surface area contributed by atoms with E-state index in [4.69, 9.17) is 14.5 Å². The van der Waals surface area contributed by atoms with Gasteiger partial charge in [-0.1, -0.05) is 25.1 Å². The number of ether oxygens (including phenoxy) is 2. The van der Waals surface area contributed by atoms with E-state index in [-0.39, 0.29) is 29.4 Å². The Balaban J connectivity index is 0.00000225. The van der Waals surface area contributed by atoms with Gasteiger partial charge in [-0.05, 0) is 19.1 Å². The van der Waals surface area contributed by atoms with Crippen molar-refractivity contribution >= 4 is 29.9 Å². The van der Waals surface area contributed by atoms with Crippen LogP contribution in [0.2, 0.25) is 0 Å². The van der Waals surface area contributed by atoms with Gasteiger partial charge in [0.05, 0.1) is 19.8 Å². The SMILES string of the molecule is CCNC(=NCC1(C)COC1)N1CCC(Oc2ccccc2)CC1.I. The van der Waals surface area contributed by atoms with Gasteiger partial charge < -0.3 is 19.7 Å². The summed E-state index contributed by atoms with van der Waals surface area (Å²) in [5.41, 5.74) is 0.218. The second-order valence-electron chi connectivity index (χ2n) is 7.09. The molecule has 1 aromatic rings. The molecule has 2 aliphatic heterocycles. The maximum absolute atomic E-state index is 6.08. The third-order valence-corrected chi connectivity index (χ3v) is 4.63. The van der Waals surface area contributed by atoms with E-state index < -0.39 is 0 Å². The first-order chi connectivity index (χ1) is 11.7. The Morgan fingerprint density at radius 2 is 1.96 bits per heavy atom. The molecule has 25 heavy (non-hydrogen) atoms. The van der Waals surface area contributed by atoms with Gasteiger partial charge in [-0.3, -0.25) is 4.99 Å². The smallest absolute Gasteiger partial charge is 0.193 e. The quantitative estimate of drug-likeness (QED) is 0.418. The largest absolute Gasteiger partial charge is 0.490 e. The topological polar surface area (TPSA) is 46.1 Å². The van der Waals surface area contributed by atoms with E-state index in [1.165, 1.54) is 0 Å². The van der Waals surface area contributed by atoms with E-state index in [2.05, 4.69) is 24.1 Å². The fourth-order valence-electron chi connectivity index (χ4n) is 3.11. The molecule has 2 heterocycles. The van der Waals surface area contributed by atoms with Crippen molar-refractivity contribution in [1.82, 2.24) is 10.2 Å². The van der Waals surface area contributed by atoms with Crippen molar-refractivity contribution in [3.05, 3.63) is 30.3 Å². The van der Waals surface area contributed by atoms with Crippen LogP contribution in [0.5, 0.6) is 5.75 Å². The maximum Gasteiger partial charge on any atom is 0.193 e. The summed E-state index contributed by atoms with van der Waals surface area (Å²) in [7, 11) is 0. The third-order valence-electron chi connectivity index (χ3n) is 4.63. The van der Waals surface area contributed by atoms with Crippen molar-refractivity contribution in [3.63, 3.8) is 0 Å². The number of rotatable bonds is 5. The third kappa shape index (κ3) is 5.74. The number of hydrogen-bond donors (Lipinski definition) is 1. The Kier molecular flexibility index (Phi) is 7.81. The Bertz CT molecular complexity index is 541.